The number of benzene rings is 1. The third-order valence-electron chi connectivity index (χ3n) is 6.55. The fourth-order valence-corrected chi connectivity index (χ4v) is 3.93. The van der Waals surface area contributed by atoms with Crippen molar-refractivity contribution in [3.05, 3.63) is 53.1 Å². The molecule has 0 bridgehead atoms. The number of rotatable bonds is 13. The van der Waals surface area contributed by atoms with E-state index in [-0.39, 0.29) is 32.4 Å². The Morgan fingerprint density at radius 2 is 1.11 bits per heavy atom. The van der Waals surface area contributed by atoms with Crippen LogP contribution in [0.5, 0.6) is 5.75 Å². The molecule has 1 saturated heterocycles. The van der Waals surface area contributed by atoms with E-state index in [1.807, 2.05) is 0 Å². The van der Waals surface area contributed by atoms with Crippen molar-refractivity contribution in [1.82, 2.24) is 14.9 Å². The number of imide groups is 3. The van der Waals surface area contributed by atoms with Crippen molar-refractivity contribution in [3.63, 3.8) is 0 Å². The third-order valence-corrected chi connectivity index (χ3v) is 7.18. The molecule has 20 heteroatoms. The Morgan fingerprint density at radius 3 is 1.53 bits per heavy atom. The van der Waals surface area contributed by atoms with Gasteiger partial charge in [0.05, 0.1) is 19.4 Å². The van der Waals surface area contributed by atoms with Crippen LogP contribution in [0.25, 0.3) is 0 Å². The predicted octanol–water partition coefficient (Wildman–Crippen LogP) is 3.35. The van der Waals surface area contributed by atoms with Gasteiger partial charge in [0.2, 0.25) is 11.6 Å². The van der Waals surface area contributed by atoms with Gasteiger partial charge in [-0.3, -0.25) is 43.4 Å². The lowest BCUT2D eigenvalue weighted by Gasteiger charge is -2.15. The highest BCUT2D eigenvalue weighted by Gasteiger charge is 2.33. The Balaban J connectivity index is 0.000000419. The monoisotopic (exact) mass is 793 g/mol. The van der Waals surface area contributed by atoms with Gasteiger partial charge in [0.1, 0.15) is 0 Å². The van der Waals surface area contributed by atoms with Gasteiger partial charge < -0.3 is 14.3 Å². The molecule has 1 aromatic rings. The highest BCUT2D eigenvalue weighted by molar-refractivity contribution is 7.80. The van der Waals surface area contributed by atoms with E-state index >= 15 is 0 Å². The number of amides is 6. The SMILES string of the molecule is CCCOCCS.CCCS.Cc1c(F)c(F)c(F)c(OC(=O)CCN2C(=O)C=CC2=O)c1F.O=C(CCN1C(=O)C=CC1=O)ON1C(=O)CCC1=O. The van der Waals surface area contributed by atoms with E-state index in [9.17, 15) is 55.9 Å². The van der Waals surface area contributed by atoms with Gasteiger partial charge in [0.15, 0.2) is 17.5 Å². The number of carbonyl (C=O) groups excluding carboxylic acids is 8. The smallest absolute Gasteiger partial charge is 0.335 e. The van der Waals surface area contributed by atoms with Crippen molar-refractivity contribution < 1.29 is 70.2 Å². The van der Waals surface area contributed by atoms with Crippen LogP contribution < -0.4 is 4.74 Å². The fourth-order valence-electron chi connectivity index (χ4n) is 3.80. The quantitative estimate of drug-likeness (QED) is 0.0439. The molecule has 0 radical (unpaired) electrons. The fraction of sp³-hybridized carbons (Fsp3) is 0.455. The molecule has 0 N–H and O–H groups in total. The van der Waals surface area contributed by atoms with Crippen LogP contribution in [0.1, 0.15) is 57.9 Å². The second kappa shape index (κ2) is 23.9. The van der Waals surface area contributed by atoms with Crippen LogP contribution in [0.4, 0.5) is 17.6 Å². The van der Waals surface area contributed by atoms with E-state index in [0.717, 1.165) is 67.3 Å². The van der Waals surface area contributed by atoms with Crippen molar-refractivity contribution in [2.45, 2.75) is 59.3 Å². The minimum atomic E-state index is -1.98. The number of carbonyl (C=O) groups is 8. The maximum atomic E-state index is 13.7. The number of hydrogen-bond acceptors (Lipinski definition) is 13. The number of hydroxylamine groups is 2. The van der Waals surface area contributed by atoms with Gasteiger partial charge in [-0.1, -0.05) is 13.8 Å². The standard InChI is InChI=1S/C14H9F4NO4.C11H10N2O6.C5H12OS.C3H8S/c1-6-10(15)12(17)13(18)14(11(6)16)23-9(22)4-5-19-7(20)2-3-8(19)21;14-7-1-2-8(15)12(7)6-5-11(18)19-13-9(16)3-4-10(13)17;1-2-3-6-4-5-7;1-2-3-4/h2-3H,4-5H2,1H3;1-2H,3-6H2;7H,2-5H2,1H3;4H,2-3H2,1H3. The molecule has 0 spiro atoms. The maximum absolute atomic E-state index is 13.7. The first-order valence-electron chi connectivity index (χ1n) is 16.0. The van der Waals surface area contributed by atoms with Gasteiger partial charge >= 0.3 is 11.9 Å². The van der Waals surface area contributed by atoms with Gasteiger partial charge in [-0.2, -0.15) is 29.6 Å². The first-order chi connectivity index (χ1) is 25.0. The van der Waals surface area contributed by atoms with Crippen molar-refractivity contribution >= 4 is 72.6 Å². The zero-order valence-corrected chi connectivity index (χ0v) is 30.8. The van der Waals surface area contributed by atoms with E-state index < -0.39 is 88.4 Å². The zero-order chi connectivity index (χ0) is 40.2. The van der Waals surface area contributed by atoms with Crippen LogP contribution in [-0.2, 0) is 47.9 Å². The van der Waals surface area contributed by atoms with E-state index in [2.05, 4.69) is 48.7 Å². The highest BCUT2D eigenvalue weighted by Crippen LogP contribution is 2.30. The predicted molar refractivity (Wildman–Crippen MR) is 184 cm³/mol. The highest BCUT2D eigenvalue weighted by atomic mass is 32.1. The largest absolute Gasteiger partial charge is 0.420 e. The molecule has 0 atom stereocenters. The van der Waals surface area contributed by atoms with E-state index in [0.29, 0.717) is 9.96 Å². The second-order valence-corrected chi connectivity index (χ2v) is 11.5. The Kier molecular flexibility index (Phi) is 20.9. The minimum absolute atomic E-state index is 0.0130. The maximum Gasteiger partial charge on any atom is 0.335 e. The number of esters is 1. The minimum Gasteiger partial charge on any atom is -0.420 e. The number of hydrogen-bond donors (Lipinski definition) is 2. The number of halogens is 4. The lowest BCUT2D eigenvalue weighted by molar-refractivity contribution is -0.197. The average molecular weight is 794 g/mol. The van der Waals surface area contributed by atoms with Gasteiger partial charge in [-0.05, 0) is 25.5 Å². The summed E-state index contributed by atoms with van der Waals surface area (Å²) in [6.07, 6.45) is 5.64. The number of nitrogens with zero attached hydrogens (tertiary/aromatic N) is 3. The molecule has 3 aliphatic heterocycles. The summed E-state index contributed by atoms with van der Waals surface area (Å²) in [6, 6.07) is 0. The lowest BCUT2D eigenvalue weighted by Crippen LogP contribution is -2.35. The van der Waals surface area contributed by atoms with Crippen LogP contribution in [0, 0.1) is 30.2 Å². The van der Waals surface area contributed by atoms with Crippen LogP contribution in [0.2, 0.25) is 0 Å². The summed E-state index contributed by atoms with van der Waals surface area (Å²) in [5.41, 5.74) is -0.846. The molecule has 6 amide bonds. The molecule has 0 saturated carbocycles. The second-order valence-electron chi connectivity index (χ2n) is 10.6. The molecule has 14 nitrogen and oxygen atoms in total. The molecule has 3 heterocycles. The Morgan fingerprint density at radius 1 is 0.660 bits per heavy atom. The molecular formula is C33H39F4N3O11S2. The molecule has 1 fully saturated rings. The zero-order valence-electron chi connectivity index (χ0n) is 29.0. The molecule has 4 rings (SSSR count). The van der Waals surface area contributed by atoms with E-state index in [1.54, 1.807) is 0 Å². The summed E-state index contributed by atoms with van der Waals surface area (Å²) in [6.45, 7) is 6.18. The molecule has 0 aromatic heterocycles. The third kappa shape index (κ3) is 14.8. The topological polar surface area (TPSA) is 174 Å². The Hall–Kier alpha value is -4.56. The summed E-state index contributed by atoms with van der Waals surface area (Å²) in [5.74, 6) is -12.3. The molecule has 0 unspecified atom stereocenters. The van der Waals surface area contributed by atoms with Crippen molar-refractivity contribution in [2.75, 3.05) is 37.8 Å². The first kappa shape index (κ1) is 46.5. The Bertz CT molecular complexity index is 1520. The number of ether oxygens (including phenoxy) is 2. The summed E-state index contributed by atoms with van der Waals surface area (Å²) >= 11 is 7.89. The molecule has 292 valence electrons. The summed E-state index contributed by atoms with van der Waals surface area (Å²) < 4.78 is 62.9. The molecular weight excluding hydrogens is 754 g/mol. The molecule has 0 aliphatic carbocycles. The summed E-state index contributed by atoms with van der Waals surface area (Å²) in [4.78, 5) is 96.4. The van der Waals surface area contributed by atoms with Crippen molar-refractivity contribution in [1.29, 1.82) is 0 Å². The van der Waals surface area contributed by atoms with Gasteiger partial charge in [0, 0.05) is 68.2 Å². The lowest BCUT2D eigenvalue weighted by atomic mass is 10.2. The van der Waals surface area contributed by atoms with Gasteiger partial charge in [-0.25, -0.2) is 18.0 Å². The van der Waals surface area contributed by atoms with E-state index in [1.165, 1.54) is 6.42 Å². The van der Waals surface area contributed by atoms with Gasteiger partial charge in [0.25, 0.3) is 35.4 Å². The summed E-state index contributed by atoms with van der Waals surface area (Å²) in [7, 11) is 0. The molecule has 1 aromatic carbocycles. The average Bonchev–Trinajstić information content (AvgIpc) is 3.76. The molecule has 53 heavy (non-hydrogen) atoms. The van der Waals surface area contributed by atoms with Crippen LogP contribution >= 0.6 is 25.3 Å². The van der Waals surface area contributed by atoms with Crippen LogP contribution in [0.3, 0.4) is 0 Å². The first-order valence-corrected chi connectivity index (χ1v) is 17.3. The van der Waals surface area contributed by atoms with Crippen LogP contribution in [-0.4, -0.2) is 100 Å². The van der Waals surface area contributed by atoms with E-state index in [4.69, 9.17) is 4.74 Å². The van der Waals surface area contributed by atoms with Crippen molar-refractivity contribution in [2.24, 2.45) is 0 Å². The molecule has 3 aliphatic rings. The van der Waals surface area contributed by atoms with Crippen LogP contribution in [0.15, 0.2) is 24.3 Å². The summed E-state index contributed by atoms with van der Waals surface area (Å²) in [5, 5.41) is 0.425. The van der Waals surface area contributed by atoms with Crippen molar-refractivity contribution in [3.8, 4) is 5.75 Å². The number of thiol groups is 2. The normalized spacial score (nSPS) is 14.5. The Labute approximate surface area is 313 Å². The van der Waals surface area contributed by atoms with Gasteiger partial charge in [-0.15, -0.1) is 5.06 Å².